The highest BCUT2D eigenvalue weighted by Gasteiger charge is 2.29. The molecule has 1 unspecified atom stereocenters. The van der Waals surface area contributed by atoms with Crippen LogP contribution in [0.25, 0.3) is 0 Å². The van der Waals surface area contributed by atoms with Crippen molar-refractivity contribution in [3.63, 3.8) is 0 Å². The Hall–Kier alpha value is -0.530. The van der Waals surface area contributed by atoms with Crippen molar-refractivity contribution in [3.05, 3.63) is 22.7 Å². The van der Waals surface area contributed by atoms with Gasteiger partial charge >= 0.3 is 0 Å². The van der Waals surface area contributed by atoms with Crippen molar-refractivity contribution in [2.24, 2.45) is 11.7 Å². The zero-order chi connectivity index (χ0) is 14.9. The molecule has 0 saturated heterocycles. The van der Waals surface area contributed by atoms with Crippen molar-refractivity contribution in [2.75, 3.05) is 13.7 Å². The number of benzene rings is 1. The molecular weight excluding hydrogens is 335 g/mol. The average molecular weight is 355 g/mol. The van der Waals surface area contributed by atoms with Gasteiger partial charge in [-0.05, 0) is 43.4 Å². The van der Waals surface area contributed by atoms with Gasteiger partial charge in [0.15, 0.2) is 0 Å². The summed E-state index contributed by atoms with van der Waals surface area (Å²) in [6.07, 6.45) is 2.16. The predicted octanol–water partition coefficient (Wildman–Crippen LogP) is 2.09. The summed E-state index contributed by atoms with van der Waals surface area (Å²) in [5, 5.41) is 0.268. The zero-order valence-corrected chi connectivity index (χ0v) is 14.3. The quantitative estimate of drug-likeness (QED) is 0.819. The highest BCUT2D eigenvalue weighted by molar-refractivity contribution is 7.89. The number of hydrogen-bond acceptors (Lipinski definition) is 4. The van der Waals surface area contributed by atoms with Gasteiger partial charge in [-0.3, -0.25) is 0 Å². The van der Waals surface area contributed by atoms with E-state index in [2.05, 4.69) is 4.72 Å². The Labute approximate surface area is 136 Å². The standard InChI is InChI=1S/C13H19ClN2O3S.ClH/c1-8-5-12(19-2)10(14)6-13(8)20(17,18)16-7-11(15)9-3-4-9;/h5-6,9,11,16H,3-4,7,15H2,1-2H3;1H. The van der Waals surface area contributed by atoms with E-state index in [-0.39, 0.29) is 34.9 Å². The van der Waals surface area contributed by atoms with Gasteiger partial charge in [0.05, 0.1) is 17.0 Å². The van der Waals surface area contributed by atoms with Crippen LogP contribution in [0.1, 0.15) is 18.4 Å². The molecule has 1 fully saturated rings. The molecule has 1 saturated carbocycles. The number of rotatable bonds is 6. The topological polar surface area (TPSA) is 81.4 Å². The number of nitrogens with one attached hydrogen (secondary N) is 1. The lowest BCUT2D eigenvalue weighted by Crippen LogP contribution is -2.38. The first-order valence-corrected chi connectivity index (χ1v) is 8.30. The van der Waals surface area contributed by atoms with Gasteiger partial charge in [0, 0.05) is 12.6 Å². The molecular formula is C13H20Cl2N2O3S. The van der Waals surface area contributed by atoms with Gasteiger partial charge in [-0.25, -0.2) is 13.1 Å². The largest absolute Gasteiger partial charge is 0.495 e. The molecule has 21 heavy (non-hydrogen) atoms. The number of nitrogens with two attached hydrogens (primary N) is 1. The minimum Gasteiger partial charge on any atom is -0.495 e. The molecule has 0 spiro atoms. The van der Waals surface area contributed by atoms with Crippen LogP contribution in [-0.4, -0.2) is 28.1 Å². The van der Waals surface area contributed by atoms with Crippen LogP contribution in [0.4, 0.5) is 0 Å². The van der Waals surface area contributed by atoms with Crippen molar-refractivity contribution >= 4 is 34.0 Å². The summed E-state index contributed by atoms with van der Waals surface area (Å²) in [4.78, 5) is 0.159. The molecule has 1 aliphatic carbocycles. The Kier molecular flexibility index (Phi) is 6.31. The van der Waals surface area contributed by atoms with Crippen molar-refractivity contribution in [3.8, 4) is 5.75 Å². The van der Waals surface area contributed by atoms with E-state index in [4.69, 9.17) is 22.1 Å². The van der Waals surface area contributed by atoms with Crippen LogP contribution in [-0.2, 0) is 10.0 Å². The molecule has 2 rings (SSSR count). The highest BCUT2D eigenvalue weighted by Crippen LogP contribution is 2.32. The summed E-state index contributed by atoms with van der Waals surface area (Å²) >= 11 is 5.99. The third kappa shape index (κ3) is 4.47. The highest BCUT2D eigenvalue weighted by atomic mass is 35.5. The third-order valence-corrected chi connectivity index (χ3v) is 5.34. The molecule has 0 heterocycles. The molecule has 0 bridgehead atoms. The molecule has 3 N–H and O–H groups in total. The van der Waals surface area contributed by atoms with E-state index in [1.807, 2.05) is 0 Å². The molecule has 1 aromatic carbocycles. The minimum atomic E-state index is -3.61. The number of sulfonamides is 1. The number of methoxy groups -OCH3 is 1. The number of hydrogen-bond donors (Lipinski definition) is 2. The monoisotopic (exact) mass is 354 g/mol. The van der Waals surface area contributed by atoms with E-state index in [9.17, 15) is 8.42 Å². The third-order valence-electron chi connectivity index (χ3n) is 3.48. The first kappa shape index (κ1) is 18.5. The van der Waals surface area contributed by atoms with E-state index in [0.29, 0.717) is 17.2 Å². The molecule has 0 radical (unpaired) electrons. The van der Waals surface area contributed by atoms with E-state index in [1.54, 1.807) is 13.0 Å². The number of ether oxygens (including phenoxy) is 1. The summed E-state index contributed by atoms with van der Waals surface area (Å²) in [5.41, 5.74) is 6.49. The fraction of sp³-hybridized carbons (Fsp3) is 0.538. The van der Waals surface area contributed by atoms with Crippen LogP contribution in [0, 0.1) is 12.8 Å². The SMILES string of the molecule is COc1cc(C)c(S(=O)(=O)NCC(N)C2CC2)cc1Cl.Cl. The van der Waals surface area contributed by atoms with Gasteiger partial charge in [-0.2, -0.15) is 0 Å². The van der Waals surface area contributed by atoms with E-state index in [1.165, 1.54) is 13.2 Å². The molecule has 1 aromatic rings. The second kappa shape index (κ2) is 7.15. The van der Waals surface area contributed by atoms with Crippen LogP contribution >= 0.6 is 24.0 Å². The summed E-state index contributed by atoms with van der Waals surface area (Å²) in [6, 6.07) is 2.89. The van der Waals surface area contributed by atoms with Crippen molar-refractivity contribution in [2.45, 2.75) is 30.7 Å². The Bertz CT molecular complexity index is 604. The smallest absolute Gasteiger partial charge is 0.240 e. The molecule has 1 aliphatic rings. The summed E-state index contributed by atoms with van der Waals surface area (Å²) < 4.78 is 32.2. The van der Waals surface area contributed by atoms with Crippen LogP contribution < -0.4 is 15.2 Å². The summed E-state index contributed by atoms with van der Waals surface area (Å²) in [6.45, 7) is 1.95. The Morgan fingerprint density at radius 1 is 1.48 bits per heavy atom. The maximum absolute atomic E-state index is 12.3. The van der Waals surface area contributed by atoms with Crippen LogP contribution in [0.5, 0.6) is 5.75 Å². The normalized spacial score (nSPS) is 16.2. The molecule has 0 amide bonds. The maximum Gasteiger partial charge on any atom is 0.240 e. The van der Waals surface area contributed by atoms with Gasteiger partial charge in [0.1, 0.15) is 5.75 Å². The lowest BCUT2D eigenvalue weighted by Gasteiger charge is -2.14. The Morgan fingerprint density at radius 2 is 2.10 bits per heavy atom. The summed E-state index contributed by atoms with van der Waals surface area (Å²) in [7, 11) is -2.12. The van der Waals surface area contributed by atoms with Crippen molar-refractivity contribution in [1.82, 2.24) is 4.72 Å². The van der Waals surface area contributed by atoms with Gasteiger partial charge < -0.3 is 10.5 Å². The molecule has 0 aliphatic heterocycles. The average Bonchev–Trinajstić information content (AvgIpc) is 3.22. The second-order valence-corrected chi connectivity index (χ2v) is 7.25. The first-order chi connectivity index (χ1) is 9.35. The Balaban J connectivity index is 0.00000220. The number of halogens is 2. The van der Waals surface area contributed by atoms with Gasteiger partial charge in [-0.1, -0.05) is 11.6 Å². The van der Waals surface area contributed by atoms with Crippen molar-refractivity contribution in [1.29, 1.82) is 0 Å². The van der Waals surface area contributed by atoms with E-state index >= 15 is 0 Å². The lowest BCUT2D eigenvalue weighted by molar-refractivity contribution is 0.414. The zero-order valence-electron chi connectivity index (χ0n) is 11.9. The minimum absolute atomic E-state index is 0. The first-order valence-electron chi connectivity index (χ1n) is 6.44. The fourth-order valence-electron chi connectivity index (χ4n) is 2.06. The molecule has 120 valence electrons. The molecule has 8 heteroatoms. The van der Waals surface area contributed by atoms with E-state index < -0.39 is 10.0 Å². The van der Waals surface area contributed by atoms with Crippen LogP contribution in [0.3, 0.4) is 0 Å². The summed E-state index contributed by atoms with van der Waals surface area (Å²) in [5.74, 6) is 0.899. The maximum atomic E-state index is 12.3. The van der Waals surface area contributed by atoms with Gasteiger partial charge in [0.25, 0.3) is 0 Å². The van der Waals surface area contributed by atoms with Gasteiger partial charge in [0.2, 0.25) is 10.0 Å². The second-order valence-electron chi connectivity index (χ2n) is 5.11. The Morgan fingerprint density at radius 3 is 2.62 bits per heavy atom. The lowest BCUT2D eigenvalue weighted by atomic mass is 10.2. The molecule has 0 aromatic heterocycles. The predicted molar refractivity (Wildman–Crippen MR) is 85.9 cm³/mol. The van der Waals surface area contributed by atoms with Crippen LogP contribution in [0.2, 0.25) is 5.02 Å². The molecule has 5 nitrogen and oxygen atoms in total. The number of aryl methyl sites for hydroxylation is 1. The molecule has 1 atom stereocenters. The van der Waals surface area contributed by atoms with E-state index in [0.717, 1.165) is 12.8 Å². The fourth-order valence-corrected chi connectivity index (χ4v) is 3.69. The van der Waals surface area contributed by atoms with Gasteiger partial charge in [-0.15, -0.1) is 12.4 Å². The van der Waals surface area contributed by atoms with Crippen molar-refractivity contribution < 1.29 is 13.2 Å². The van der Waals surface area contributed by atoms with Crippen LogP contribution in [0.15, 0.2) is 17.0 Å².